The van der Waals surface area contributed by atoms with Crippen LogP contribution in [-0.2, 0) is 14.9 Å². The van der Waals surface area contributed by atoms with Crippen LogP contribution in [0.1, 0.15) is 38.9 Å². The number of carbonyl (C=O) groups is 2. The Bertz CT molecular complexity index is 1640. The van der Waals surface area contributed by atoms with Crippen molar-refractivity contribution in [2.75, 3.05) is 30.4 Å². The van der Waals surface area contributed by atoms with Gasteiger partial charge in [-0.15, -0.1) is 0 Å². The predicted molar refractivity (Wildman–Crippen MR) is 133 cm³/mol. The normalized spacial score (nSPS) is 20.8. The number of morpholine rings is 1. The van der Waals surface area contributed by atoms with E-state index in [2.05, 4.69) is 20.5 Å². The molecule has 0 bridgehead atoms. The highest BCUT2D eigenvalue weighted by Gasteiger charge is 2.56. The number of hydrogen-bond donors (Lipinski definition) is 3. The van der Waals surface area contributed by atoms with Gasteiger partial charge < -0.3 is 20.7 Å². The average Bonchev–Trinajstić information content (AvgIpc) is 3.34. The van der Waals surface area contributed by atoms with Gasteiger partial charge >= 0.3 is 0 Å². The molecule has 40 heavy (non-hydrogen) atoms. The summed E-state index contributed by atoms with van der Waals surface area (Å²) >= 11 is 0. The zero-order valence-corrected chi connectivity index (χ0v) is 20.6. The van der Waals surface area contributed by atoms with E-state index >= 15 is 13.2 Å². The molecule has 0 radical (unpaired) electrons. The smallest absolute Gasteiger partial charge is 0.257 e. The molecule has 0 aliphatic carbocycles. The van der Waals surface area contributed by atoms with E-state index in [-0.39, 0.29) is 41.8 Å². The molecule has 2 aliphatic heterocycles. The summed E-state index contributed by atoms with van der Waals surface area (Å²) in [5, 5.41) is 9.09. The quantitative estimate of drug-likeness (QED) is 0.334. The number of carbonyl (C=O) groups excluding carboxylic acids is 2. The largest absolute Gasteiger partial charge is 0.382 e. The lowest BCUT2D eigenvalue weighted by Crippen LogP contribution is -2.52. The lowest BCUT2D eigenvalue weighted by molar-refractivity contribution is -0.125. The van der Waals surface area contributed by atoms with E-state index in [0.29, 0.717) is 12.3 Å². The molecular formula is C27H20F4N6O3. The first-order chi connectivity index (χ1) is 19.2. The number of aromatic amines is 1. The molecule has 9 nitrogen and oxygen atoms in total. The maximum absolute atomic E-state index is 15.8. The molecule has 0 spiro atoms. The minimum absolute atomic E-state index is 0.0426. The van der Waals surface area contributed by atoms with E-state index in [1.54, 1.807) is 0 Å². The molecule has 2 aromatic heterocycles. The van der Waals surface area contributed by atoms with Crippen molar-refractivity contribution in [3.8, 4) is 0 Å². The molecule has 6 rings (SSSR count). The minimum atomic E-state index is -2.10. The van der Waals surface area contributed by atoms with Gasteiger partial charge in [0.2, 0.25) is 0 Å². The predicted octanol–water partition coefficient (Wildman–Crippen LogP) is 3.13. The number of nitrogens with one attached hydrogen (secondary N) is 2. The van der Waals surface area contributed by atoms with E-state index in [1.807, 2.05) is 0 Å². The zero-order chi connectivity index (χ0) is 28.2. The second-order valence-electron chi connectivity index (χ2n) is 9.31. The number of nitrogen functional groups attached to an aromatic ring is 1. The molecule has 2 unspecified atom stereocenters. The molecule has 1 fully saturated rings. The summed E-state index contributed by atoms with van der Waals surface area (Å²) in [6.45, 7) is 0.422. The SMILES string of the molecule is Nc1n[nH]c2c1C(=O)NC(c1c(F)cccc1F)C2(c1ccc(N2CCOCC2=O)cn1)c1cccc(F)c1F. The van der Waals surface area contributed by atoms with Crippen LogP contribution in [0.4, 0.5) is 29.1 Å². The molecular weight excluding hydrogens is 532 g/mol. The monoisotopic (exact) mass is 552 g/mol. The van der Waals surface area contributed by atoms with Crippen LogP contribution in [0.2, 0.25) is 0 Å². The third kappa shape index (κ3) is 3.65. The fraction of sp³-hybridized carbons (Fsp3) is 0.185. The van der Waals surface area contributed by atoms with Crippen molar-refractivity contribution in [3.05, 3.63) is 106 Å². The van der Waals surface area contributed by atoms with Crippen molar-refractivity contribution in [3.63, 3.8) is 0 Å². The molecule has 2 aromatic carbocycles. The minimum Gasteiger partial charge on any atom is -0.382 e. The highest BCUT2D eigenvalue weighted by molar-refractivity contribution is 6.02. The number of ether oxygens (including phenoxy) is 1. The Morgan fingerprint density at radius 2 is 1.73 bits per heavy atom. The summed E-state index contributed by atoms with van der Waals surface area (Å²) in [7, 11) is 0. The molecule has 13 heteroatoms. The van der Waals surface area contributed by atoms with Crippen LogP contribution in [0.15, 0.2) is 54.7 Å². The summed E-state index contributed by atoms with van der Waals surface area (Å²) in [5.74, 6) is -6.09. The lowest BCUT2D eigenvalue weighted by Gasteiger charge is -2.44. The number of fused-ring (bicyclic) bond motifs is 1. The van der Waals surface area contributed by atoms with Crippen molar-refractivity contribution >= 4 is 23.3 Å². The fourth-order valence-corrected chi connectivity index (χ4v) is 5.48. The zero-order valence-electron chi connectivity index (χ0n) is 20.6. The standard InChI is InChI=1S/C27H20F4N6O3/c28-15-4-2-5-16(29)20(15)23-27(14-3-1-6-17(30)22(14)31,24-21(26(39)34-23)25(32)36-35-24)18-8-7-13(11-33-18)37-9-10-40-12-19(37)38/h1-8,11,23H,9-10,12H2,(H,34,39)(H3,32,35,36). The van der Waals surface area contributed by atoms with Crippen LogP contribution in [0.25, 0.3) is 0 Å². The topological polar surface area (TPSA) is 126 Å². The number of anilines is 2. The van der Waals surface area contributed by atoms with Crippen LogP contribution in [0, 0.1) is 23.3 Å². The summed E-state index contributed by atoms with van der Waals surface area (Å²) in [4.78, 5) is 31.5. The number of amides is 2. The Balaban J connectivity index is 1.69. The van der Waals surface area contributed by atoms with Crippen molar-refractivity contribution < 1.29 is 31.9 Å². The van der Waals surface area contributed by atoms with Gasteiger partial charge in [0.1, 0.15) is 29.2 Å². The van der Waals surface area contributed by atoms with Crippen LogP contribution in [-0.4, -0.2) is 46.8 Å². The summed E-state index contributed by atoms with van der Waals surface area (Å²) in [6.07, 6.45) is 1.32. The maximum atomic E-state index is 15.8. The van der Waals surface area contributed by atoms with Crippen molar-refractivity contribution in [1.29, 1.82) is 0 Å². The van der Waals surface area contributed by atoms with Gasteiger partial charge in [-0.25, -0.2) is 17.6 Å². The Morgan fingerprint density at radius 3 is 2.42 bits per heavy atom. The second-order valence-corrected chi connectivity index (χ2v) is 9.31. The fourth-order valence-electron chi connectivity index (χ4n) is 5.48. The average molecular weight is 552 g/mol. The Hall–Kier alpha value is -4.78. The Kier molecular flexibility index (Phi) is 6.02. The number of aromatic nitrogens is 3. The van der Waals surface area contributed by atoms with Crippen molar-refractivity contribution in [2.24, 2.45) is 0 Å². The third-order valence-corrected chi connectivity index (χ3v) is 7.24. The van der Waals surface area contributed by atoms with E-state index in [4.69, 9.17) is 10.5 Å². The summed E-state index contributed by atoms with van der Waals surface area (Å²) in [6, 6.07) is 7.66. The van der Waals surface area contributed by atoms with Crippen LogP contribution >= 0.6 is 0 Å². The first-order valence-electron chi connectivity index (χ1n) is 12.1. The highest BCUT2D eigenvalue weighted by atomic mass is 19.2. The van der Waals surface area contributed by atoms with E-state index < -0.39 is 51.8 Å². The first kappa shape index (κ1) is 25.5. The Labute approximate surface area is 224 Å². The number of hydrogen-bond acceptors (Lipinski definition) is 6. The molecule has 0 saturated carbocycles. The van der Waals surface area contributed by atoms with Crippen LogP contribution in [0.3, 0.4) is 0 Å². The molecule has 2 aliphatic rings. The molecule has 2 amide bonds. The van der Waals surface area contributed by atoms with Gasteiger partial charge in [-0.3, -0.25) is 19.7 Å². The number of nitrogens with two attached hydrogens (primary N) is 1. The number of halogens is 4. The van der Waals surface area contributed by atoms with Gasteiger partial charge in [0.25, 0.3) is 11.8 Å². The summed E-state index contributed by atoms with van der Waals surface area (Å²) < 4.78 is 66.5. The maximum Gasteiger partial charge on any atom is 0.257 e. The molecule has 1 saturated heterocycles. The molecule has 4 heterocycles. The van der Waals surface area contributed by atoms with E-state index in [0.717, 1.165) is 24.3 Å². The van der Waals surface area contributed by atoms with E-state index in [9.17, 15) is 14.0 Å². The molecule has 2 atom stereocenters. The number of pyridine rings is 1. The highest BCUT2D eigenvalue weighted by Crippen LogP contribution is 2.53. The van der Waals surface area contributed by atoms with Gasteiger partial charge in [0, 0.05) is 17.7 Å². The van der Waals surface area contributed by atoms with Gasteiger partial charge in [-0.05, 0) is 30.3 Å². The number of rotatable bonds is 4. The van der Waals surface area contributed by atoms with Gasteiger partial charge in [0.15, 0.2) is 17.5 Å². The molecule has 4 aromatic rings. The summed E-state index contributed by atoms with van der Waals surface area (Å²) in [5.41, 5.74) is 2.84. The molecule has 204 valence electrons. The van der Waals surface area contributed by atoms with Crippen molar-refractivity contribution in [2.45, 2.75) is 11.5 Å². The molecule has 4 N–H and O–H groups in total. The van der Waals surface area contributed by atoms with Gasteiger partial charge in [0.05, 0.1) is 35.9 Å². The number of nitrogens with zero attached hydrogens (tertiary/aromatic N) is 3. The van der Waals surface area contributed by atoms with Crippen LogP contribution < -0.4 is 16.0 Å². The lowest BCUT2D eigenvalue weighted by atomic mass is 9.63. The first-order valence-corrected chi connectivity index (χ1v) is 12.1. The van der Waals surface area contributed by atoms with Gasteiger partial charge in [-0.1, -0.05) is 18.2 Å². The second kappa shape index (κ2) is 9.45. The number of benzene rings is 2. The third-order valence-electron chi connectivity index (χ3n) is 7.24. The van der Waals surface area contributed by atoms with Gasteiger partial charge in [-0.2, -0.15) is 5.10 Å². The Morgan fingerprint density at radius 1 is 1.00 bits per heavy atom. The number of H-pyrrole nitrogens is 1. The van der Waals surface area contributed by atoms with Crippen molar-refractivity contribution in [1.82, 2.24) is 20.5 Å². The van der Waals surface area contributed by atoms with Crippen LogP contribution in [0.5, 0.6) is 0 Å². The van der Waals surface area contributed by atoms with E-state index in [1.165, 1.54) is 35.4 Å².